The molecule has 2 N–H and O–H groups in total. The Morgan fingerprint density at radius 1 is 1.07 bits per heavy atom. The van der Waals surface area contributed by atoms with Gasteiger partial charge in [0.2, 0.25) is 0 Å². The van der Waals surface area contributed by atoms with Crippen LogP contribution < -0.4 is 15.0 Å². The molecule has 44 heavy (non-hydrogen) atoms. The molecule has 4 aromatic rings. The average Bonchev–Trinajstić information content (AvgIpc) is 3.62. The maximum Gasteiger partial charge on any atom is 0.319 e. The molecule has 4 aliphatic rings. The first-order chi connectivity index (χ1) is 21.3. The van der Waals surface area contributed by atoms with E-state index in [0.717, 1.165) is 38.6 Å². The van der Waals surface area contributed by atoms with Crippen molar-refractivity contribution < 1.29 is 23.0 Å². The molecule has 7 nitrogen and oxygen atoms in total. The third-order valence-corrected chi connectivity index (χ3v) is 10.4. The summed E-state index contributed by atoms with van der Waals surface area (Å²) >= 11 is 6.81. The van der Waals surface area contributed by atoms with E-state index in [4.69, 9.17) is 21.3 Å². The second-order valence-electron chi connectivity index (χ2n) is 12.8. The maximum atomic E-state index is 16.8. The summed E-state index contributed by atoms with van der Waals surface area (Å²) in [5.41, 5.74) is -0.364. The van der Waals surface area contributed by atoms with Crippen LogP contribution in [0.25, 0.3) is 32.8 Å². The number of hydrogen-bond donors (Lipinski definition) is 2. The minimum atomic E-state index is -0.911. The highest BCUT2D eigenvalue weighted by Gasteiger charge is 2.49. The number of rotatable bonds is 5. The minimum absolute atomic E-state index is 0.00448. The van der Waals surface area contributed by atoms with Crippen molar-refractivity contribution in [2.24, 2.45) is 0 Å². The zero-order valence-corrected chi connectivity index (χ0v) is 24.9. The van der Waals surface area contributed by atoms with Crippen LogP contribution in [0.15, 0.2) is 36.4 Å². The van der Waals surface area contributed by atoms with Crippen molar-refractivity contribution in [3.8, 4) is 22.9 Å². The van der Waals surface area contributed by atoms with Crippen LogP contribution in [-0.2, 0) is 0 Å². The quantitative estimate of drug-likeness (QED) is 0.268. The number of anilines is 1. The Hall–Kier alpha value is -3.34. The van der Waals surface area contributed by atoms with Crippen molar-refractivity contribution in [3.05, 3.63) is 53.1 Å². The molecule has 8 rings (SSSR count). The number of halogens is 4. The molecule has 0 aliphatic carbocycles. The van der Waals surface area contributed by atoms with Crippen LogP contribution in [-0.4, -0.2) is 76.6 Å². The largest absolute Gasteiger partial charge is 0.508 e. The fourth-order valence-corrected chi connectivity index (χ4v) is 8.35. The second-order valence-corrected chi connectivity index (χ2v) is 13.2. The zero-order chi connectivity index (χ0) is 30.2. The smallest absolute Gasteiger partial charge is 0.319 e. The monoisotopic (exact) mass is 623 g/mol. The van der Waals surface area contributed by atoms with E-state index < -0.39 is 23.3 Å². The van der Waals surface area contributed by atoms with E-state index in [0.29, 0.717) is 48.7 Å². The number of nitrogens with zero attached hydrogens (tertiary/aromatic N) is 4. The molecule has 5 heterocycles. The highest BCUT2D eigenvalue weighted by molar-refractivity contribution is 6.35. The standard InChI is InChI=1S/C33H33ClF3N5O2/c34-25-13-24-30(29(37)28(25)23-12-22(43)11-18-3-1-4-26(36)27(18)23)39-32(44-17-33-8-2-9-42(33)15-19(35)14-33)40-31(24)41-10-7-20-5-6-21(16-41)38-20/h1,3-4,11-13,19-21,38,43H,2,5-10,14-17H2/t19?,20-,21?,33+/m1/s1. The number of aromatic hydroxyl groups is 1. The summed E-state index contributed by atoms with van der Waals surface area (Å²) in [6, 6.07) is 9.58. The molecule has 2 unspecified atom stereocenters. The molecule has 0 saturated carbocycles. The van der Waals surface area contributed by atoms with Crippen molar-refractivity contribution in [2.75, 3.05) is 37.7 Å². The summed E-state index contributed by atoms with van der Waals surface area (Å²) in [4.78, 5) is 13.7. The molecule has 4 saturated heterocycles. The van der Waals surface area contributed by atoms with Crippen molar-refractivity contribution in [2.45, 2.75) is 62.3 Å². The van der Waals surface area contributed by atoms with Gasteiger partial charge in [0.1, 0.15) is 35.7 Å². The first-order valence-electron chi connectivity index (χ1n) is 15.4. The molecule has 4 atom stereocenters. The van der Waals surface area contributed by atoms with Gasteiger partial charge < -0.3 is 20.1 Å². The summed E-state index contributed by atoms with van der Waals surface area (Å²) < 4.78 is 52.7. The van der Waals surface area contributed by atoms with E-state index in [9.17, 15) is 9.50 Å². The van der Waals surface area contributed by atoms with E-state index in [-0.39, 0.29) is 51.5 Å². The van der Waals surface area contributed by atoms with Crippen LogP contribution >= 0.6 is 11.6 Å². The van der Waals surface area contributed by atoms with Gasteiger partial charge in [-0.15, -0.1) is 0 Å². The van der Waals surface area contributed by atoms with E-state index in [1.807, 2.05) is 0 Å². The van der Waals surface area contributed by atoms with Gasteiger partial charge >= 0.3 is 6.01 Å². The Bertz CT molecular complexity index is 1790. The van der Waals surface area contributed by atoms with Crippen molar-refractivity contribution in [1.29, 1.82) is 0 Å². The molecule has 0 spiro atoms. The topological polar surface area (TPSA) is 73.8 Å². The van der Waals surface area contributed by atoms with Gasteiger partial charge in [-0.1, -0.05) is 23.7 Å². The molecule has 0 radical (unpaired) electrons. The van der Waals surface area contributed by atoms with Crippen LogP contribution in [0.5, 0.6) is 11.8 Å². The third kappa shape index (κ3) is 4.64. The molecular weight excluding hydrogens is 591 g/mol. The van der Waals surface area contributed by atoms with E-state index in [2.05, 4.69) is 20.1 Å². The number of fused-ring (bicyclic) bond motifs is 5. The molecule has 4 fully saturated rings. The molecule has 2 bridgehead atoms. The number of hydrogen-bond acceptors (Lipinski definition) is 7. The van der Waals surface area contributed by atoms with Crippen LogP contribution in [0.4, 0.5) is 19.0 Å². The fourth-order valence-electron chi connectivity index (χ4n) is 8.06. The predicted octanol–water partition coefficient (Wildman–Crippen LogP) is 6.37. The predicted molar refractivity (Wildman–Crippen MR) is 164 cm³/mol. The summed E-state index contributed by atoms with van der Waals surface area (Å²) in [6.45, 7) is 2.81. The Labute approximate surface area is 258 Å². The maximum absolute atomic E-state index is 16.8. The van der Waals surface area contributed by atoms with Crippen molar-refractivity contribution >= 4 is 39.1 Å². The van der Waals surface area contributed by atoms with Gasteiger partial charge in [-0.25, -0.2) is 13.2 Å². The Morgan fingerprint density at radius 3 is 2.82 bits per heavy atom. The zero-order valence-electron chi connectivity index (χ0n) is 24.1. The molecule has 1 aromatic heterocycles. The van der Waals surface area contributed by atoms with E-state index >= 15 is 8.78 Å². The lowest BCUT2D eigenvalue weighted by atomic mass is 9.95. The van der Waals surface area contributed by atoms with Gasteiger partial charge in [0.25, 0.3) is 0 Å². The second kappa shape index (κ2) is 10.6. The van der Waals surface area contributed by atoms with Gasteiger partial charge in [0.15, 0.2) is 5.82 Å². The van der Waals surface area contributed by atoms with Gasteiger partial charge in [0, 0.05) is 60.0 Å². The number of alkyl halides is 1. The first-order valence-corrected chi connectivity index (χ1v) is 15.8. The molecule has 0 amide bonds. The lowest BCUT2D eigenvalue weighted by Gasteiger charge is -2.31. The Morgan fingerprint density at radius 2 is 1.93 bits per heavy atom. The normalized spacial score (nSPS) is 26.9. The summed E-state index contributed by atoms with van der Waals surface area (Å²) in [7, 11) is 0. The molecule has 4 aliphatic heterocycles. The van der Waals surface area contributed by atoms with Gasteiger partial charge in [-0.05, 0) is 68.3 Å². The van der Waals surface area contributed by atoms with E-state index in [1.54, 1.807) is 12.1 Å². The minimum Gasteiger partial charge on any atom is -0.508 e. The van der Waals surface area contributed by atoms with Crippen LogP contribution in [0, 0.1) is 11.6 Å². The summed E-state index contributed by atoms with van der Waals surface area (Å²) in [5.74, 6) is -0.933. The number of nitrogens with one attached hydrogen (secondary N) is 1. The lowest BCUT2D eigenvalue weighted by molar-refractivity contribution is 0.107. The number of aromatic nitrogens is 2. The molecule has 11 heteroatoms. The first kappa shape index (κ1) is 28.2. The molecule has 3 aromatic carbocycles. The van der Waals surface area contributed by atoms with Gasteiger partial charge in [-0.3, -0.25) is 4.90 Å². The average molecular weight is 624 g/mol. The molecular formula is C33H33ClF3N5O2. The van der Waals surface area contributed by atoms with Crippen LogP contribution in [0.1, 0.15) is 38.5 Å². The summed E-state index contributed by atoms with van der Waals surface area (Å²) in [5, 5.41) is 15.2. The number of phenols is 1. The lowest BCUT2D eigenvalue weighted by Crippen LogP contribution is -2.43. The third-order valence-electron chi connectivity index (χ3n) is 10.1. The fraction of sp³-hybridized carbons (Fsp3) is 0.455. The van der Waals surface area contributed by atoms with Crippen LogP contribution in [0.3, 0.4) is 0 Å². The van der Waals surface area contributed by atoms with Crippen molar-refractivity contribution in [1.82, 2.24) is 20.2 Å². The Balaban J connectivity index is 1.28. The SMILES string of the molecule is Oc1cc(-c2c(Cl)cc3c(N4CC[C@H]5CCC(C4)N5)nc(OC[C@@]45CCCN4CC(F)C5)nc3c2F)c2c(F)cccc2c1. The Kier molecular flexibility index (Phi) is 6.80. The highest BCUT2D eigenvalue weighted by atomic mass is 35.5. The van der Waals surface area contributed by atoms with E-state index in [1.165, 1.54) is 24.3 Å². The van der Waals surface area contributed by atoms with Gasteiger partial charge in [-0.2, -0.15) is 9.97 Å². The number of benzene rings is 3. The number of phenolic OH excluding ortho intramolecular Hbond substituents is 1. The number of ether oxygens (including phenoxy) is 1. The van der Waals surface area contributed by atoms with Crippen LogP contribution in [0.2, 0.25) is 5.02 Å². The van der Waals surface area contributed by atoms with Crippen molar-refractivity contribution in [3.63, 3.8) is 0 Å². The summed E-state index contributed by atoms with van der Waals surface area (Å²) in [6.07, 6.45) is 4.35. The van der Waals surface area contributed by atoms with Gasteiger partial charge in [0.05, 0.1) is 10.6 Å². The highest BCUT2D eigenvalue weighted by Crippen LogP contribution is 2.44. The molecule has 230 valence electrons.